The molecule has 390 valence electrons. The second-order valence-electron chi connectivity index (χ2n) is 16.5. The molecule has 0 radical (unpaired) electrons. The lowest BCUT2D eigenvalue weighted by molar-refractivity contribution is -0.142. The molecule has 0 aromatic carbocycles. The molecule has 17 heteroatoms. The number of unbranched alkanes of at least 4 members (excludes halogenated alkanes) is 13. The molecule has 3 atom stereocenters. The average Bonchev–Trinajstić information content (AvgIpc) is 3.28. The highest BCUT2D eigenvalue weighted by Crippen LogP contribution is 2.13. The molecule has 0 aromatic heterocycles. The van der Waals surface area contributed by atoms with Crippen molar-refractivity contribution in [1.29, 1.82) is 0 Å². The molecule has 0 rings (SSSR count). The van der Waals surface area contributed by atoms with Crippen LogP contribution in [-0.4, -0.2) is 130 Å². The zero-order valence-corrected chi connectivity index (χ0v) is 41.3. The summed E-state index contributed by atoms with van der Waals surface area (Å²) in [5.41, 5.74) is 4.75. The van der Waals surface area contributed by atoms with E-state index < -0.39 is 23.8 Å². The summed E-state index contributed by atoms with van der Waals surface area (Å²) < 4.78 is 20.9. The van der Waals surface area contributed by atoms with E-state index in [9.17, 15) is 38.7 Å². The van der Waals surface area contributed by atoms with Crippen LogP contribution in [0.5, 0.6) is 0 Å². The summed E-state index contributed by atoms with van der Waals surface area (Å²) in [7, 11) is 1.53. The molecule has 17 nitrogen and oxygen atoms in total. The molecule has 0 spiro atoms. The summed E-state index contributed by atoms with van der Waals surface area (Å²) in [6.45, 7) is 12.7. The quantitative estimate of drug-likeness (QED) is 0.0352. The second-order valence-corrected chi connectivity index (χ2v) is 16.5. The highest BCUT2D eigenvalue weighted by Gasteiger charge is 2.21. The van der Waals surface area contributed by atoms with Crippen molar-refractivity contribution in [1.82, 2.24) is 16.0 Å². The van der Waals surface area contributed by atoms with Crippen LogP contribution in [0.1, 0.15) is 183 Å². The standard InChI is InChI=1S/C29H54N2O7.C15H29NO4.C4H9NO2.CH4/c1-3-4-5-6-7-8-9-10-11-12-13-14-15-18-27(33)31-26(29(35)36)20-19-25(32)17-16-21-37-22-23-38-24-28(34)30-2;1-4-9-19-10-11-20-12-15(18)16-8-6-5-7-13(2)14(3)17;1-3(2-6)4(5)7;/h26H,3-24H2,1-2H3,(H,30,34)(H,31,33)(H,35,36);13H,4-12H2,1-3H3,(H,16,18);3,6H,2H2,1H3,(H2,5,7);1H4/t;13-;3-;/m.00./s1. The topological polar surface area (TPSA) is 259 Å². The van der Waals surface area contributed by atoms with Gasteiger partial charge in [0.25, 0.3) is 0 Å². The molecule has 4 amide bonds. The summed E-state index contributed by atoms with van der Waals surface area (Å²) in [4.78, 5) is 79.2. The minimum Gasteiger partial charge on any atom is -0.480 e. The van der Waals surface area contributed by atoms with Gasteiger partial charge in [0.15, 0.2) is 0 Å². The first-order chi connectivity index (χ1) is 31.2. The lowest BCUT2D eigenvalue weighted by atomic mass is 10.0. The fourth-order valence-corrected chi connectivity index (χ4v) is 5.76. The van der Waals surface area contributed by atoms with Crippen molar-refractivity contribution in [2.45, 2.75) is 189 Å². The van der Waals surface area contributed by atoms with Gasteiger partial charge >= 0.3 is 5.97 Å². The van der Waals surface area contributed by atoms with Gasteiger partial charge in [-0.25, -0.2) is 4.79 Å². The number of carbonyl (C=O) groups is 7. The van der Waals surface area contributed by atoms with Gasteiger partial charge in [-0.3, -0.25) is 28.8 Å². The number of aliphatic hydroxyl groups is 1. The Labute approximate surface area is 398 Å². The number of carboxylic acids is 1. The fraction of sp³-hybridized carbons (Fsp3) is 0.857. The van der Waals surface area contributed by atoms with E-state index in [0.29, 0.717) is 58.8 Å². The van der Waals surface area contributed by atoms with Crippen LogP contribution in [-0.2, 0) is 52.5 Å². The van der Waals surface area contributed by atoms with E-state index in [2.05, 4.69) is 22.9 Å². The normalized spacial score (nSPS) is 11.9. The third-order valence-electron chi connectivity index (χ3n) is 10.3. The maximum absolute atomic E-state index is 12.2. The number of Topliss-reactive ketones (excluding diaryl/α,β-unsaturated/α-hetero) is 2. The van der Waals surface area contributed by atoms with Crippen molar-refractivity contribution in [3.63, 3.8) is 0 Å². The van der Waals surface area contributed by atoms with Crippen molar-refractivity contribution >= 4 is 41.2 Å². The molecule has 7 N–H and O–H groups in total. The lowest BCUT2D eigenvalue weighted by Gasteiger charge is -2.14. The molecule has 66 heavy (non-hydrogen) atoms. The maximum atomic E-state index is 12.2. The predicted octanol–water partition coefficient (Wildman–Crippen LogP) is 6.62. The van der Waals surface area contributed by atoms with Crippen molar-refractivity contribution in [2.75, 3.05) is 73.1 Å². The zero-order chi connectivity index (χ0) is 49.4. The van der Waals surface area contributed by atoms with Gasteiger partial charge in [-0.15, -0.1) is 0 Å². The van der Waals surface area contributed by atoms with Crippen LogP contribution in [0.2, 0.25) is 0 Å². The van der Waals surface area contributed by atoms with E-state index in [1.807, 2.05) is 13.8 Å². The summed E-state index contributed by atoms with van der Waals surface area (Å²) in [5, 5.41) is 25.4. The Morgan fingerprint density at radius 3 is 1.55 bits per heavy atom. The number of carboxylic acid groups (broad SMARTS) is 1. The molecule has 0 aromatic rings. The van der Waals surface area contributed by atoms with Gasteiger partial charge in [0, 0.05) is 52.0 Å². The number of carbonyl (C=O) groups excluding carboxylic acids is 6. The van der Waals surface area contributed by atoms with E-state index in [1.54, 1.807) is 13.8 Å². The summed E-state index contributed by atoms with van der Waals surface area (Å²) in [6, 6.07) is -1.04. The van der Waals surface area contributed by atoms with Crippen molar-refractivity contribution < 1.29 is 62.7 Å². The SMILES string of the molecule is C.CCCCCCCCCCCCCCCC(=O)NC(CCC(=O)CCCOCCOCC(=O)NC)C(=O)O.CCCOCCOCC(=O)NCCCC[C@H](C)C(C)=O.C[C@@H](CO)C(N)=O. The van der Waals surface area contributed by atoms with E-state index in [4.69, 9.17) is 29.8 Å². The molecular formula is C49H96N4O13. The van der Waals surface area contributed by atoms with Crippen LogP contribution in [0, 0.1) is 11.8 Å². The highest BCUT2D eigenvalue weighted by molar-refractivity contribution is 5.84. The number of nitrogens with two attached hydrogens (primary N) is 1. The van der Waals surface area contributed by atoms with Gasteiger partial charge in [-0.05, 0) is 45.4 Å². The van der Waals surface area contributed by atoms with E-state index in [-0.39, 0.29) is 75.3 Å². The molecule has 0 fully saturated rings. The van der Waals surface area contributed by atoms with Crippen LogP contribution < -0.4 is 21.7 Å². The minimum absolute atomic E-state index is 0. The molecule has 0 aliphatic carbocycles. The number of ether oxygens (including phenoxy) is 4. The number of amides is 4. The molecule has 1 unspecified atom stereocenters. The number of aliphatic carboxylic acids is 1. The Bertz CT molecular complexity index is 1210. The second kappa shape index (κ2) is 52.5. The van der Waals surface area contributed by atoms with Crippen molar-refractivity contribution in [3.8, 4) is 0 Å². The number of primary amides is 1. The third-order valence-corrected chi connectivity index (χ3v) is 10.3. The number of aliphatic hydroxyl groups excluding tert-OH is 1. The smallest absolute Gasteiger partial charge is 0.326 e. The van der Waals surface area contributed by atoms with E-state index >= 15 is 0 Å². The summed E-state index contributed by atoms with van der Waals surface area (Å²) in [5.74, 6) is -2.24. The fourth-order valence-electron chi connectivity index (χ4n) is 5.76. The summed E-state index contributed by atoms with van der Waals surface area (Å²) in [6.07, 6.45) is 21.0. The number of likely N-dealkylation sites (N-methyl/N-ethyl adjacent to an activating group) is 1. The first kappa shape index (κ1) is 69.1. The summed E-state index contributed by atoms with van der Waals surface area (Å²) >= 11 is 0. The number of ketones is 2. The van der Waals surface area contributed by atoms with Gasteiger partial charge in [0.05, 0.1) is 39.0 Å². The van der Waals surface area contributed by atoms with Gasteiger partial charge in [-0.1, -0.05) is 119 Å². The Balaban J connectivity index is -0.000000569. The highest BCUT2D eigenvalue weighted by atomic mass is 16.5. The first-order valence-corrected chi connectivity index (χ1v) is 24.4. The molecule has 0 bridgehead atoms. The average molecular weight is 949 g/mol. The van der Waals surface area contributed by atoms with Crippen LogP contribution in [0.25, 0.3) is 0 Å². The van der Waals surface area contributed by atoms with E-state index in [0.717, 1.165) is 51.6 Å². The minimum atomic E-state index is -1.11. The monoisotopic (exact) mass is 949 g/mol. The molecule has 0 saturated heterocycles. The maximum Gasteiger partial charge on any atom is 0.326 e. The Morgan fingerprint density at radius 2 is 1.08 bits per heavy atom. The number of nitrogens with one attached hydrogen (secondary N) is 3. The Morgan fingerprint density at radius 1 is 0.561 bits per heavy atom. The van der Waals surface area contributed by atoms with Crippen LogP contribution >= 0.6 is 0 Å². The van der Waals surface area contributed by atoms with Crippen LogP contribution in [0.4, 0.5) is 0 Å². The molecule has 0 saturated carbocycles. The zero-order valence-electron chi connectivity index (χ0n) is 41.3. The molecule has 0 aliphatic heterocycles. The van der Waals surface area contributed by atoms with Gasteiger partial charge in [0.1, 0.15) is 30.8 Å². The lowest BCUT2D eigenvalue weighted by Crippen LogP contribution is -2.41. The van der Waals surface area contributed by atoms with Gasteiger partial charge < -0.3 is 50.8 Å². The van der Waals surface area contributed by atoms with Gasteiger partial charge in [-0.2, -0.15) is 0 Å². The largest absolute Gasteiger partial charge is 0.480 e. The number of hydrogen-bond donors (Lipinski definition) is 6. The van der Waals surface area contributed by atoms with Crippen LogP contribution in [0.15, 0.2) is 0 Å². The van der Waals surface area contributed by atoms with Crippen molar-refractivity contribution in [2.24, 2.45) is 17.6 Å². The Hall–Kier alpha value is -3.51. The van der Waals surface area contributed by atoms with Crippen molar-refractivity contribution in [3.05, 3.63) is 0 Å². The Kier molecular flexibility index (Phi) is 54.9. The van der Waals surface area contributed by atoms with Gasteiger partial charge in [0.2, 0.25) is 23.6 Å². The predicted molar refractivity (Wildman–Crippen MR) is 260 cm³/mol. The third kappa shape index (κ3) is 53.1. The number of rotatable bonds is 43. The van der Waals surface area contributed by atoms with Crippen LogP contribution in [0.3, 0.4) is 0 Å². The molecule has 0 aliphatic rings. The first-order valence-electron chi connectivity index (χ1n) is 24.4. The van der Waals surface area contributed by atoms with E-state index in [1.165, 1.54) is 71.3 Å². The molecular weight excluding hydrogens is 853 g/mol. The number of hydrogen-bond acceptors (Lipinski definition) is 12. The molecule has 0 heterocycles.